The van der Waals surface area contributed by atoms with E-state index in [1.54, 1.807) is 42.6 Å². The maximum absolute atomic E-state index is 14.0. The molecule has 0 radical (unpaired) electrons. The second-order valence-corrected chi connectivity index (χ2v) is 12.2. The van der Waals surface area contributed by atoms with Crippen molar-refractivity contribution in [3.8, 4) is 17.5 Å². The van der Waals surface area contributed by atoms with Gasteiger partial charge in [-0.05, 0) is 49.1 Å². The van der Waals surface area contributed by atoms with Gasteiger partial charge < -0.3 is 11.1 Å². The van der Waals surface area contributed by atoms with Crippen LogP contribution in [0.4, 0.5) is 11.6 Å². The molecule has 13 heteroatoms. The van der Waals surface area contributed by atoms with Gasteiger partial charge in [-0.1, -0.05) is 35.7 Å². The Morgan fingerprint density at radius 2 is 1.90 bits per heavy atom. The number of rotatable bonds is 7. The molecule has 212 valence electrons. The number of benzene rings is 2. The van der Waals surface area contributed by atoms with Crippen molar-refractivity contribution in [1.29, 1.82) is 0 Å². The molecule has 0 aliphatic rings. The molecule has 0 bridgehead atoms. The van der Waals surface area contributed by atoms with Crippen LogP contribution in [0, 0.1) is 11.8 Å². The SMILES string of the molecule is CC(Nc1ncnc(N)c1C#Cc1cnccn1)c1nc2cccc(Cl)c2c(=O)n1-c1cccc(CCS(C)(=O)=O)c1. The van der Waals surface area contributed by atoms with Gasteiger partial charge in [-0.2, -0.15) is 0 Å². The van der Waals surface area contributed by atoms with Crippen molar-refractivity contribution >= 4 is 44.0 Å². The van der Waals surface area contributed by atoms with Crippen molar-refractivity contribution in [2.24, 2.45) is 0 Å². The molecule has 1 atom stereocenters. The predicted molar refractivity (Wildman–Crippen MR) is 162 cm³/mol. The molecule has 0 fully saturated rings. The van der Waals surface area contributed by atoms with Crippen LogP contribution in [0.1, 0.15) is 35.6 Å². The Morgan fingerprint density at radius 1 is 1.10 bits per heavy atom. The Kier molecular flexibility index (Phi) is 8.15. The van der Waals surface area contributed by atoms with E-state index in [1.165, 1.54) is 29.5 Å². The third-order valence-corrected chi connectivity index (χ3v) is 7.56. The van der Waals surface area contributed by atoms with E-state index in [-0.39, 0.29) is 27.5 Å². The van der Waals surface area contributed by atoms with E-state index < -0.39 is 15.9 Å². The number of hydrogen-bond acceptors (Lipinski definition) is 10. The number of nitrogens with zero attached hydrogens (tertiary/aromatic N) is 6. The molecule has 3 aromatic heterocycles. The second kappa shape index (κ2) is 11.9. The molecule has 2 aromatic carbocycles. The molecule has 42 heavy (non-hydrogen) atoms. The van der Waals surface area contributed by atoms with E-state index in [1.807, 2.05) is 13.0 Å². The molecule has 11 nitrogen and oxygen atoms in total. The van der Waals surface area contributed by atoms with Crippen LogP contribution in [-0.2, 0) is 16.3 Å². The van der Waals surface area contributed by atoms with E-state index in [2.05, 4.69) is 37.1 Å². The quantitative estimate of drug-likeness (QED) is 0.265. The lowest BCUT2D eigenvalue weighted by molar-refractivity contribution is 0.601. The van der Waals surface area contributed by atoms with Crippen LogP contribution in [0.5, 0.6) is 0 Å². The summed E-state index contributed by atoms with van der Waals surface area (Å²) in [4.78, 5) is 35.4. The summed E-state index contributed by atoms with van der Waals surface area (Å²) in [5.74, 6) is 6.70. The average molecular weight is 601 g/mol. The molecular formula is C29H25ClN8O3S. The van der Waals surface area contributed by atoms with Gasteiger partial charge in [-0.3, -0.25) is 14.3 Å². The van der Waals surface area contributed by atoms with Gasteiger partial charge in [-0.25, -0.2) is 28.4 Å². The summed E-state index contributed by atoms with van der Waals surface area (Å²) in [6.07, 6.45) is 7.39. The fraction of sp³-hybridized carbons (Fsp3) is 0.172. The zero-order valence-electron chi connectivity index (χ0n) is 22.6. The fourth-order valence-corrected chi connectivity index (χ4v) is 5.15. The zero-order chi connectivity index (χ0) is 29.9. The van der Waals surface area contributed by atoms with Gasteiger partial charge in [0.1, 0.15) is 44.9 Å². The lowest BCUT2D eigenvalue weighted by Gasteiger charge is -2.21. The van der Waals surface area contributed by atoms with Crippen LogP contribution in [-0.4, -0.2) is 49.9 Å². The topological polar surface area (TPSA) is 159 Å². The normalized spacial score (nSPS) is 12.0. The molecule has 5 rings (SSSR count). The van der Waals surface area contributed by atoms with Gasteiger partial charge >= 0.3 is 0 Å². The highest BCUT2D eigenvalue weighted by Gasteiger charge is 2.21. The molecule has 3 N–H and O–H groups in total. The summed E-state index contributed by atoms with van der Waals surface area (Å²) in [7, 11) is -3.18. The Morgan fingerprint density at radius 3 is 2.67 bits per heavy atom. The maximum Gasteiger partial charge on any atom is 0.267 e. The number of nitrogens with two attached hydrogens (primary N) is 1. The van der Waals surface area contributed by atoms with E-state index in [0.29, 0.717) is 40.5 Å². The average Bonchev–Trinajstić information content (AvgIpc) is 2.96. The Hall–Kier alpha value is -4.86. The third kappa shape index (κ3) is 6.38. The van der Waals surface area contributed by atoms with Crippen LogP contribution in [0.15, 0.2) is 72.2 Å². The minimum absolute atomic E-state index is 0.0223. The summed E-state index contributed by atoms with van der Waals surface area (Å²) in [5, 5.41) is 3.81. The number of aromatic nitrogens is 6. The summed E-state index contributed by atoms with van der Waals surface area (Å²) in [6.45, 7) is 1.82. The summed E-state index contributed by atoms with van der Waals surface area (Å²) in [5.41, 5.74) is 8.24. The highest BCUT2D eigenvalue weighted by Crippen LogP contribution is 2.26. The number of nitrogens with one attached hydrogen (secondary N) is 1. The van der Waals surface area contributed by atoms with E-state index >= 15 is 0 Å². The van der Waals surface area contributed by atoms with E-state index in [4.69, 9.17) is 22.3 Å². The van der Waals surface area contributed by atoms with Gasteiger partial charge in [0.25, 0.3) is 5.56 Å². The van der Waals surface area contributed by atoms with Gasteiger partial charge in [0, 0.05) is 18.6 Å². The lowest BCUT2D eigenvalue weighted by atomic mass is 10.1. The smallest absolute Gasteiger partial charge is 0.267 e. The molecule has 0 aliphatic carbocycles. The second-order valence-electron chi connectivity index (χ2n) is 9.48. The van der Waals surface area contributed by atoms with Crippen LogP contribution >= 0.6 is 11.6 Å². The standard InChI is InChI=1S/C29H25ClN8O3S/c1-18(36-27-22(26(31)34-17-35-27)10-9-20-16-32-12-13-33-20)28-37-24-8-4-7-23(30)25(24)29(39)38(28)21-6-3-5-19(15-21)11-14-42(2,40)41/h3-8,12-13,15-18H,11,14H2,1-2H3,(H3,31,34,35,36). The number of sulfone groups is 1. The van der Waals surface area contributed by atoms with Crippen molar-refractivity contribution in [2.45, 2.75) is 19.4 Å². The summed E-state index contributed by atoms with van der Waals surface area (Å²) in [6, 6.07) is 11.6. The largest absolute Gasteiger partial charge is 0.382 e. The van der Waals surface area contributed by atoms with Gasteiger partial charge in [0.2, 0.25) is 0 Å². The molecule has 0 saturated carbocycles. The fourth-order valence-electron chi connectivity index (χ4n) is 4.29. The predicted octanol–water partition coefficient (Wildman–Crippen LogP) is 3.36. The molecule has 0 saturated heterocycles. The number of aryl methyl sites for hydroxylation is 1. The summed E-state index contributed by atoms with van der Waals surface area (Å²) < 4.78 is 25.0. The van der Waals surface area contributed by atoms with Crippen molar-refractivity contribution < 1.29 is 8.42 Å². The first-order chi connectivity index (χ1) is 20.1. The minimum Gasteiger partial charge on any atom is -0.382 e. The van der Waals surface area contributed by atoms with Gasteiger partial charge in [-0.15, -0.1) is 0 Å². The molecule has 0 aliphatic heterocycles. The number of anilines is 2. The monoisotopic (exact) mass is 600 g/mol. The van der Waals surface area contributed by atoms with Crippen molar-refractivity contribution in [3.63, 3.8) is 0 Å². The van der Waals surface area contributed by atoms with E-state index in [9.17, 15) is 13.2 Å². The van der Waals surface area contributed by atoms with Gasteiger partial charge in [0.05, 0.1) is 39.6 Å². The Bertz CT molecular complexity index is 2020. The molecule has 1 unspecified atom stereocenters. The highest BCUT2D eigenvalue weighted by molar-refractivity contribution is 7.90. The number of halogens is 1. The number of nitrogen functional groups attached to an aromatic ring is 1. The Labute approximate surface area is 246 Å². The maximum atomic E-state index is 14.0. The van der Waals surface area contributed by atoms with Crippen LogP contribution in [0.25, 0.3) is 16.6 Å². The zero-order valence-corrected chi connectivity index (χ0v) is 24.2. The highest BCUT2D eigenvalue weighted by atomic mass is 35.5. The lowest BCUT2D eigenvalue weighted by Crippen LogP contribution is -2.28. The van der Waals surface area contributed by atoms with E-state index in [0.717, 1.165) is 5.56 Å². The first-order valence-electron chi connectivity index (χ1n) is 12.7. The van der Waals surface area contributed by atoms with Crippen LogP contribution < -0.4 is 16.6 Å². The molecule has 5 aromatic rings. The molecule has 0 spiro atoms. The first-order valence-corrected chi connectivity index (χ1v) is 15.2. The van der Waals surface area contributed by atoms with Crippen molar-refractivity contribution in [3.05, 3.63) is 105 Å². The summed E-state index contributed by atoms with van der Waals surface area (Å²) >= 11 is 6.45. The molecule has 3 heterocycles. The first kappa shape index (κ1) is 28.7. The van der Waals surface area contributed by atoms with Crippen molar-refractivity contribution in [1.82, 2.24) is 29.5 Å². The minimum atomic E-state index is -3.18. The van der Waals surface area contributed by atoms with Crippen molar-refractivity contribution in [2.75, 3.05) is 23.1 Å². The Balaban J connectivity index is 1.61. The number of fused-ring (bicyclic) bond motifs is 1. The third-order valence-electron chi connectivity index (χ3n) is 6.30. The van der Waals surface area contributed by atoms with Crippen LogP contribution in [0.2, 0.25) is 5.02 Å². The van der Waals surface area contributed by atoms with Crippen LogP contribution in [0.3, 0.4) is 0 Å². The number of hydrogen-bond donors (Lipinski definition) is 2. The molecule has 0 amide bonds. The molecular weight excluding hydrogens is 576 g/mol. The van der Waals surface area contributed by atoms with Gasteiger partial charge in [0.15, 0.2) is 0 Å².